The molecular formula is C19H26N2O. The Kier molecular flexibility index (Phi) is 5.31. The Morgan fingerprint density at radius 1 is 1.05 bits per heavy atom. The molecule has 0 aliphatic carbocycles. The predicted octanol–water partition coefficient (Wildman–Crippen LogP) is 4.92. The van der Waals surface area contributed by atoms with E-state index < -0.39 is 0 Å². The third kappa shape index (κ3) is 4.17. The molecule has 0 saturated heterocycles. The normalized spacial score (nSPS) is 10.6. The number of hydrogen-bond acceptors (Lipinski definition) is 3. The number of benzene rings is 2. The van der Waals surface area contributed by atoms with Crippen LogP contribution in [-0.2, 0) is 0 Å². The highest BCUT2D eigenvalue weighted by molar-refractivity contribution is 5.55. The molecule has 2 aromatic rings. The quantitative estimate of drug-likeness (QED) is 0.819. The Morgan fingerprint density at radius 2 is 1.68 bits per heavy atom. The fourth-order valence-corrected chi connectivity index (χ4v) is 2.49. The summed E-state index contributed by atoms with van der Waals surface area (Å²) >= 11 is 0. The van der Waals surface area contributed by atoms with Crippen LogP contribution in [0.3, 0.4) is 0 Å². The summed E-state index contributed by atoms with van der Waals surface area (Å²) in [5.74, 6) is 2.35. The summed E-state index contributed by atoms with van der Waals surface area (Å²) in [6, 6.07) is 14.3. The fourth-order valence-electron chi connectivity index (χ4n) is 2.49. The standard InChI is InChI=1S/C19H26N2O/c1-14(2)13-21(5)16-7-10-17(11-8-16)22-18-9-6-15(3)19(12-18)20-4/h6-12,14,20H,13H2,1-5H3. The van der Waals surface area contributed by atoms with E-state index in [4.69, 9.17) is 4.74 Å². The summed E-state index contributed by atoms with van der Waals surface area (Å²) in [7, 11) is 4.04. The summed E-state index contributed by atoms with van der Waals surface area (Å²) < 4.78 is 5.93. The van der Waals surface area contributed by atoms with Crippen LogP contribution in [-0.4, -0.2) is 20.6 Å². The lowest BCUT2D eigenvalue weighted by molar-refractivity contribution is 0.483. The fraction of sp³-hybridized carbons (Fsp3) is 0.368. The van der Waals surface area contributed by atoms with Crippen molar-refractivity contribution in [3.8, 4) is 11.5 Å². The molecule has 0 aromatic heterocycles. The highest BCUT2D eigenvalue weighted by Gasteiger charge is 2.05. The van der Waals surface area contributed by atoms with Gasteiger partial charge in [0, 0.05) is 38.1 Å². The molecule has 0 bridgehead atoms. The zero-order chi connectivity index (χ0) is 16.1. The second-order valence-electron chi connectivity index (χ2n) is 6.10. The molecule has 0 fully saturated rings. The van der Waals surface area contributed by atoms with E-state index in [1.165, 1.54) is 11.3 Å². The van der Waals surface area contributed by atoms with E-state index in [9.17, 15) is 0 Å². The minimum atomic E-state index is 0.647. The number of nitrogens with zero attached hydrogens (tertiary/aromatic N) is 1. The maximum atomic E-state index is 5.93. The summed E-state index contributed by atoms with van der Waals surface area (Å²) in [6.45, 7) is 7.58. The maximum absolute atomic E-state index is 5.93. The van der Waals surface area contributed by atoms with Crippen molar-refractivity contribution in [3.63, 3.8) is 0 Å². The highest BCUT2D eigenvalue weighted by atomic mass is 16.5. The van der Waals surface area contributed by atoms with E-state index >= 15 is 0 Å². The van der Waals surface area contributed by atoms with E-state index in [0.29, 0.717) is 5.92 Å². The molecule has 0 unspecified atom stereocenters. The number of rotatable bonds is 6. The highest BCUT2D eigenvalue weighted by Crippen LogP contribution is 2.27. The van der Waals surface area contributed by atoms with Crippen LogP contribution in [0.2, 0.25) is 0 Å². The first-order valence-electron chi connectivity index (χ1n) is 7.77. The minimum absolute atomic E-state index is 0.647. The molecule has 0 radical (unpaired) electrons. The van der Waals surface area contributed by atoms with Gasteiger partial charge in [-0.05, 0) is 48.7 Å². The van der Waals surface area contributed by atoms with Gasteiger partial charge >= 0.3 is 0 Å². The van der Waals surface area contributed by atoms with Gasteiger partial charge in [-0.3, -0.25) is 0 Å². The minimum Gasteiger partial charge on any atom is -0.457 e. The molecule has 2 aromatic carbocycles. The van der Waals surface area contributed by atoms with Gasteiger partial charge in [0.05, 0.1) is 0 Å². The molecular weight excluding hydrogens is 272 g/mol. The molecule has 0 amide bonds. The van der Waals surface area contributed by atoms with Gasteiger partial charge < -0.3 is 15.0 Å². The van der Waals surface area contributed by atoms with Crippen LogP contribution in [0, 0.1) is 12.8 Å². The van der Waals surface area contributed by atoms with Gasteiger partial charge in [-0.2, -0.15) is 0 Å². The van der Waals surface area contributed by atoms with Crippen LogP contribution in [0.15, 0.2) is 42.5 Å². The smallest absolute Gasteiger partial charge is 0.129 e. The third-order valence-corrected chi connectivity index (χ3v) is 3.63. The van der Waals surface area contributed by atoms with Crippen molar-refractivity contribution in [1.29, 1.82) is 0 Å². The maximum Gasteiger partial charge on any atom is 0.129 e. The largest absolute Gasteiger partial charge is 0.457 e. The van der Waals surface area contributed by atoms with Crippen LogP contribution in [0.1, 0.15) is 19.4 Å². The first kappa shape index (κ1) is 16.2. The number of nitrogens with one attached hydrogen (secondary N) is 1. The van der Waals surface area contributed by atoms with E-state index in [1.807, 2.05) is 31.3 Å². The predicted molar refractivity (Wildman–Crippen MR) is 95.3 cm³/mol. The molecule has 3 heteroatoms. The number of anilines is 2. The van der Waals surface area contributed by atoms with Crippen molar-refractivity contribution >= 4 is 11.4 Å². The lowest BCUT2D eigenvalue weighted by Gasteiger charge is -2.21. The molecule has 2 rings (SSSR count). The van der Waals surface area contributed by atoms with Crippen LogP contribution >= 0.6 is 0 Å². The molecule has 0 aliphatic heterocycles. The van der Waals surface area contributed by atoms with Crippen LogP contribution in [0.5, 0.6) is 11.5 Å². The lowest BCUT2D eigenvalue weighted by Crippen LogP contribution is -2.22. The van der Waals surface area contributed by atoms with Gasteiger partial charge in [-0.1, -0.05) is 19.9 Å². The molecule has 22 heavy (non-hydrogen) atoms. The first-order chi connectivity index (χ1) is 10.5. The molecule has 0 saturated carbocycles. The number of hydrogen-bond donors (Lipinski definition) is 1. The Hall–Kier alpha value is -2.16. The van der Waals surface area contributed by atoms with Crippen LogP contribution < -0.4 is 15.0 Å². The SMILES string of the molecule is CNc1cc(Oc2ccc(N(C)CC(C)C)cc2)ccc1C. The molecule has 0 aliphatic rings. The monoisotopic (exact) mass is 298 g/mol. The molecule has 3 nitrogen and oxygen atoms in total. The topological polar surface area (TPSA) is 24.5 Å². The summed E-state index contributed by atoms with van der Waals surface area (Å²) in [4.78, 5) is 2.26. The van der Waals surface area contributed by atoms with Gasteiger partial charge in [0.2, 0.25) is 0 Å². The molecule has 0 heterocycles. The van der Waals surface area contributed by atoms with Crippen molar-refractivity contribution in [2.75, 3.05) is 30.9 Å². The Bertz CT molecular complexity index is 605. The van der Waals surface area contributed by atoms with Crippen molar-refractivity contribution in [2.45, 2.75) is 20.8 Å². The summed E-state index contributed by atoms with van der Waals surface area (Å²) in [5.41, 5.74) is 3.51. The van der Waals surface area contributed by atoms with Crippen LogP contribution in [0.25, 0.3) is 0 Å². The van der Waals surface area contributed by atoms with Gasteiger partial charge in [0.15, 0.2) is 0 Å². The van der Waals surface area contributed by atoms with E-state index in [0.717, 1.165) is 23.7 Å². The molecule has 1 N–H and O–H groups in total. The Morgan fingerprint density at radius 3 is 2.27 bits per heavy atom. The Labute approximate surface area is 133 Å². The summed E-state index contributed by atoms with van der Waals surface area (Å²) in [5, 5.41) is 3.18. The molecule has 0 atom stereocenters. The Balaban J connectivity index is 2.08. The van der Waals surface area contributed by atoms with Crippen molar-refractivity contribution < 1.29 is 4.74 Å². The van der Waals surface area contributed by atoms with Crippen molar-refractivity contribution in [1.82, 2.24) is 0 Å². The average molecular weight is 298 g/mol. The summed E-state index contributed by atoms with van der Waals surface area (Å²) in [6.07, 6.45) is 0. The zero-order valence-corrected chi connectivity index (χ0v) is 14.2. The molecule has 118 valence electrons. The van der Waals surface area contributed by atoms with Gasteiger partial charge in [-0.25, -0.2) is 0 Å². The lowest BCUT2D eigenvalue weighted by atomic mass is 10.2. The second kappa shape index (κ2) is 7.21. The van der Waals surface area contributed by atoms with Crippen molar-refractivity contribution in [3.05, 3.63) is 48.0 Å². The average Bonchev–Trinajstić information content (AvgIpc) is 2.49. The van der Waals surface area contributed by atoms with E-state index in [1.54, 1.807) is 0 Å². The van der Waals surface area contributed by atoms with Crippen LogP contribution in [0.4, 0.5) is 11.4 Å². The zero-order valence-electron chi connectivity index (χ0n) is 14.2. The first-order valence-corrected chi connectivity index (χ1v) is 7.77. The third-order valence-electron chi connectivity index (χ3n) is 3.63. The van der Waals surface area contributed by atoms with Gasteiger partial charge in [0.1, 0.15) is 11.5 Å². The van der Waals surface area contributed by atoms with Crippen molar-refractivity contribution in [2.24, 2.45) is 5.92 Å². The van der Waals surface area contributed by atoms with E-state index in [2.05, 4.69) is 56.2 Å². The number of aryl methyl sites for hydroxylation is 1. The number of ether oxygens (including phenoxy) is 1. The second-order valence-corrected chi connectivity index (χ2v) is 6.10. The van der Waals surface area contributed by atoms with Gasteiger partial charge in [0.25, 0.3) is 0 Å². The molecule has 0 spiro atoms. The van der Waals surface area contributed by atoms with Gasteiger partial charge in [-0.15, -0.1) is 0 Å². The van der Waals surface area contributed by atoms with E-state index in [-0.39, 0.29) is 0 Å².